The van der Waals surface area contributed by atoms with Gasteiger partial charge in [-0.1, -0.05) is 6.07 Å². The van der Waals surface area contributed by atoms with Crippen LogP contribution in [0, 0.1) is 17.0 Å². The van der Waals surface area contributed by atoms with Crippen LogP contribution in [0.1, 0.15) is 28.8 Å². The maximum absolute atomic E-state index is 12.4. The topological polar surface area (TPSA) is 75.5 Å². The van der Waals surface area contributed by atoms with Gasteiger partial charge in [-0.05, 0) is 32.9 Å². The minimum absolute atomic E-state index is 0. The normalized spacial score (nSPS) is 18.0. The van der Waals surface area contributed by atoms with Crippen molar-refractivity contribution in [2.75, 3.05) is 20.1 Å². The number of carbonyl (C=O) groups excluding carboxylic acids is 1. The van der Waals surface area contributed by atoms with Crippen molar-refractivity contribution in [3.63, 3.8) is 0 Å². The molecule has 116 valence electrons. The molecule has 1 atom stereocenters. The van der Waals surface area contributed by atoms with E-state index in [4.69, 9.17) is 0 Å². The molecule has 7 heteroatoms. The van der Waals surface area contributed by atoms with E-state index in [0.29, 0.717) is 30.3 Å². The number of nitrogens with one attached hydrogen (secondary N) is 1. The van der Waals surface area contributed by atoms with Crippen molar-refractivity contribution in [1.82, 2.24) is 10.2 Å². The van der Waals surface area contributed by atoms with Crippen LogP contribution in [0.2, 0.25) is 0 Å². The number of nitro groups is 1. The smallest absolute Gasteiger partial charge is 0.273 e. The summed E-state index contributed by atoms with van der Waals surface area (Å²) in [5.74, 6) is -0.131. The van der Waals surface area contributed by atoms with E-state index < -0.39 is 4.92 Å². The number of rotatable bonds is 3. The molecule has 1 saturated heterocycles. The van der Waals surface area contributed by atoms with E-state index in [-0.39, 0.29) is 24.0 Å². The van der Waals surface area contributed by atoms with Gasteiger partial charge < -0.3 is 10.2 Å². The van der Waals surface area contributed by atoms with Gasteiger partial charge in [0, 0.05) is 36.3 Å². The lowest BCUT2D eigenvalue weighted by Crippen LogP contribution is -2.46. The number of hydrogen-bond acceptors (Lipinski definition) is 4. The minimum atomic E-state index is -0.446. The molecule has 1 amide bonds. The number of amides is 1. The highest BCUT2D eigenvalue weighted by Gasteiger charge is 2.24. The summed E-state index contributed by atoms with van der Waals surface area (Å²) in [4.78, 5) is 24.7. The number of aryl methyl sites for hydroxylation is 1. The summed E-state index contributed by atoms with van der Waals surface area (Å²) in [6.45, 7) is 3.03. The van der Waals surface area contributed by atoms with Crippen LogP contribution in [0.4, 0.5) is 5.69 Å². The molecule has 0 spiro atoms. The second kappa shape index (κ2) is 7.38. The third kappa shape index (κ3) is 3.92. The number of likely N-dealkylation sites (tertiary alicyclic amines) is 1. The van der Waals surface area contributed by atoms with Gasteiger partial charge >= 0.3 is 0 Å². The molecule has 1 aromatic rings. The molecule has 1 aliphatic rings. The first-order valence-electron chi connectivity index (χ1n) is 6.74. The molecule has 6 nitrogen and oxygen atoms in total. The molecule has 0 aromatic heterocycles. The van der Waals surface area contributed by atoms with Crippen molar-refractivity contribution in [2.24, 2.45) is 0 Å². The summed E-state index contributed by atoms with van der Waals surface area (Å²) < 4.78 is 0. The number of hydrogen-bond donors (Lipinski definition) is 1. The third-order valence-corrected chi connectivity index (χ3v) is 3.77. The fourth-order valence-corrected chi connectivity index (χ4v) is 2.52. The van der Waals surface area contributed by atoms with Crippen molar-refractivity contribution < 1.29 is 9.72 Å². The van der Waals surface area contributed by atoms with E-state index >= 15 is 0 Å². The van der Waals surface area contributed by atoms with Gasteiger partial charge in [0.15, 0.2) is 0 Å². The predicted molar refractivity (Wildman–Crippen MR) is 83.1 cm³/mol. The zero-order valence-corrected chi connectivity index (χ0v) is 13.0. The van der Waals surface area contributed by atoms with Crippen molar-refractivity contribution in [2.45, 2.75) is 25.8 Å². The van der Waals surface area contributed by atoms with Gasteiger partial charge in [-0.25, -0.2) is 0 Å². The Balaban J connectivity index is 0.00000220. The number of piperidine rings is 1. The van der Waals surface area contributed by atoms with Crippen LogP contribution in [0.5, 0.6) is 0 Å². The summed E-state index contributed by atoms with van der Waals surface area (Å²) in [5, 5.41) is 14.1. The Labute approximate surface area is 130 Å². The number of carbonyl (C=O) groups is 1. The lowest BCUT2D eigenvalue weighted by molar-refractivity contribution is -0.385. The number of halogens is 1. The number of likely N-dealkylation sites (N-methyl/N-ethyl adjacent to an activating group) is 1. The predicted octanol–water partition coefficient (Wildman–Crippen LogP) is 2.15. The van der Waals surface area contributed by atoms with Gasteiger partial charge in [0.1, 0.15) is 0 Å². The first-order valence-corrected chi connectivity index (χ1v) is 6.74. The second-order valence-corrected chi connectivity index (χ2v) is 5.14. The fraction of sp³-hybridized carbons (Fsp3) is 0.500. The van der Waals surface area contributed by atoms with E-state index in [1.54, 1.807) is 24.0 Å². The van der Waals surface area contributed by atoms with Gasteiger partial charge in [0.2, 0.25) is 0 Å². The van der Waals surface area contributed by atoms with Crippen LogP contribution in [-0.4, -0.2) is 41.9 Å². The first kappa shape index (κ1) is 17.4. The number of nitrogens with zero attached hydrogens (tertiary/aromatic N) is 2. The molecule has 1 N–H and O–H groups in total. The van der Waals surface area contributed by atoms with Crippen LogP contribution in [-0.2, 0) is 0 Å². The van der Waals surface area contributed by atoms with Crippen LogP contribution in [0.15, 0.2) is 18.2 Å². The molecular formula is C14H20ClN3O3. The molecule has 21 heavy (non-hydrogen) atoms. The summed E-state index contributed by atoms with van der Waals surface area (Å²) in [6, 6.07) is 4.97. The number of nitro benzene ring substituents is 1. The quantitative estimate of drug-likeness (QED) is 0.685. The minimum Gasteiger partial charge on any atom is -0.337 e. The summed E-state index contributed by atoms with van der Waals surface area (Å²) in [5.41, 5.74) is 0.954. The molecule has 1 aromatic carbocycles. The van der Waals surface area contributed by atoms with Gasteiger partial charge in [0.25, 0.3) is 11.6 Å². The van der Waals surface area contributed by atoms with E-state index in [0.717, 1.165) is 12.8 Å². The molecule has 2 rings (SSSR count). The average molecular weight is 314 g/mol. The Bertz CT molecular complexity index is 536. The maximum atomic E-state index is 12.4. The van der Waals surface area contributed by atoms with Crippen LogP contribution >= 0.6 is 12.4 Å². The average Bonchev–Trinajstić information content (AvgIpc) is 2.46. The molecule has 0 radical (unpaired) electrons. The lowest BCUT2D eigenvalue weighted by Gasteiger charge is -2.32. The molecule has 0 bridgehead atoms. The monoisotopic (exact) mass is 313 g/mol. The van der Waals surface area contributed by atoms with Crippen molar-refractivity contribution in [3.8, 4) is 0 Å². The van der Waals surface area contributed by atoms with Crippen LogP contribution < -0.4 is 5.32 Å². The van der Waals surface area contributed by atoms with E-state index in [9.17, 15) is 14.9 Å². The Hall–Kier alpha value is -1.66. The molecule has 0 aliphatic carbocycles. The fourth-order valence-electron chi connectivity index (χ4n) is 2.52. The molecule has 1 aliphatic heterocycles. The Morgan fingerprint density at radius 2 is 2.19 bits per heavy atom. The van der Waals surface area contributed by atoms with Gasteiger partial charge in [0.05, 0.1) is 4.92 Å². The zero-order chi connectivity index (χ0) is 14.7. The SMILES string of the molecule is CNC1CCCN(C(=O)c2ccc(C)c([N+](=O)[O-])c2)C1.Cl. The van der Waals surface area contributed by atoms with E-state index in [2.05, 4.69) is 5.32 Å². The second-order valence-electron chi connectivity index (χ2n) is 5.14. The summed E-state index contributed by atoms with van der Waals surface area (Å²) in [7, 11) is 1.88. The Kier molecular flexibility index (Phi) is 6.11. The molecule has 1 heterocycles. The lowest BCUT2D eigenvalue weighted by atomic mass is 10.0. The van der Waals surface area contributed by atoms with E-state index in [1.165, 1.54) is 6.07 Å². The van der Waals surface area contributed by atoms with Gasteiger partial charge in [-0.2, -0.15) is 0 Å². The summed E-state index contributed by atoms with van der Waals surface area (Å²) >= 11 is 0. The molecular weight excluding hydrogens is 294 g/mol. The third-order valence-electron chi connectivity index (χ3n) is 3.77. The van der Waals surface area contributed by atoms with Gasteiger partial charge in [-0.15, -0.1) is 12.4 Å². The van der Waals surface area contributed by atoms with E-state index in [1.807, 2.05) is 7.05 Å². The van der Waals surface area contributed by atoms with Crippen molar-refractivity contribution in [3.05, 3.63) is 39.4 Å². The Morgan fingerprint density at radius 3 is 2.81 bits per heavy atom. The highest BCUT2D eigenvalue weighted by Crippen LogP contribution is 2.21. The van der Waals surface area contributed by atoms with Crippen LogP contribution in [0.3, 0.4) is 0 Å². The highest BCUT2D eigenvalue weighted by molar-refractivity contribution is 5.95. The molecule has 0 saturated carbocycles. The molecule has 1 fully saturated rings. The zero-order valence-electron chi connectivity index (χ0n) is 12.2. The van der Waals surface area contributed by atoms with Crippen molar-refractivity contribution >= 4 is 24.0 Å². The van der Waals surface area contributed by atoms with Crippen molar-refractivity contribution in [1.29, 1.82) is 0 Å². The highest BCUT2D eigenvalue weighted by atomic mass is 35.5. The standard InChI is InChI=1S/C14H19N3O3.ClH/c1-10-5-6-11(8-13(10)17(19)20)14(18)16-7-3-4-12(9-16)15-2;/h5-6,8,12,15H,3-4,7,9H2,1-2H3;1H. The maximum Gasteiger partial charge on any atom is 0.273 e. The molecule has 1 unspecified atom stereocenters. The largest absolute Gasteiger partial charge is 0.337 e. The number of benzene rings is 1. The first-order chi connectivity index (χ1) is 9.52. The van der Waals surface area contributed by atoms with Crippen LogP contribution in [0.25, 0.3) is 0 Å². The summed E-state index contributed by atoms with van der Waals surface area (Å²) in [6.07, 6.45) is 2.00. The Morgan fingerprint density at radius 1 is 1.48 bits per heavy atom. The van der Waals surface area contributed by atoms with Gasteiger partial charge in [-0.3, -0.25) is 14.9 Å².